The topological polar surface area (TPSA) is 97.0 Å². The molecule has 0 saturated carbocycles. The Morgan fingerprint density at radius 3 is 2.35 bits per heavy atom. The highest BCUT2D eigenvalue weighted by Crippen LogP contribution is 2.34. The van der Waals surface area contributed by atoms with E-state index >= 15 is 0 Å². The number of ether oxygens (including phenoxy) is 1. The maximum Gasteiger partial charge on any atom is 0.306 e. The molecule has 0 saturated heterocycles. The predicted molar refractivity (Wildman–Crippen MR) is 96.2 cm³/mol. The lowest BCUT2D eigenvalue weighted by atomic mass is 9.90. The number of aromatic hydroxyl groups is 1. The zero-order valence-electron chi connectivity index (χ0n) is 15.2. The number of aliphatic hydroxyl groups excluding tert-OH is 1. The summed E-state index contributed by atoms with van der Waals surface area (Å²) in [6.45, 7) is 5.58. The minimum Gasteiger partial charge on any atom is -0.502 e. The van der Waals surface area contributed by atoms with E-state index in [0.29, 0.717) is 11.5 Å². The van der Waals surface area contributed by atoms with Crippen LogP contribution in [-0.4, -0.2) is 22.8 Å². The molecule has 6 heteroatoms. The maximum absolute atomic E-state index is 12.1. The third kappa shape index (κ3) is 4.52. The van der Waals surface area contributed by atoms with Gasteiger partial charge in [-0.15, -0.1) is 0 Å². The van der Waals surface area contributed by atoms with Gasteiger partial charge in [-0.1, -0.05) is 38.1 Å². The molecule has 2 N–H and O–H groups in total. The van der Waals surface area contributed by atoms with Crippen molar-refractivity contribution in [3.63, 3.8) is 0 Å². The number of hydrogen-bond donors (Lipinski definition) is 2. The van der Waals surface area contributed by atoms with Gasteiger partial charge in [-0.05, 0) is 24.0 Å². The van der Waals surface area contributed by atoms with Crippen molar-refractivity contribution in [3.05, 3.63) is 63.2 Å². The number of hydrogen-bond acceptors (Lipinski definition) is 6. The lowest BCUT2D eigenvalue weighted by Gasteiger charge is -2.18. The van der Waals surface area contributed by atoms with Crippen LogP contribution in [-0.2, 0) is 16.1 Å². The molecule has 1 aromatic heterocycles. The van der Waals surface area contributed by atoms with Crippen LogP contribution in [0.25, 0.3) is 0 Å². The molecule has 0 radical (unpaired) electrons. The number of benzene rings is 1. The lowest BCUT2D eigenvalue weighted by molar-refractivity contribution is -0.143. The number of esters is 1. The lowest BCUT2D eigenvalue weighted by Crippen LogP contribution is -2.15. The Hall–Kier alpha value is -2.60. The molecule has 1 aromatic carbocycles. The van der Waals surface area contributed by atoms with E-state index in [2.05, 4.69) is 13.8 Å². The largest absolute Gasteiger partial charge is 0.502 e. The van der Waals surface area contributed by atoms with Crippen LogP contribution in [0.3, 0.4) is 0 Å². The molecule has 0 aliphatic rings. The van der Waals surface area contributed by atoms with Crippen LogP contribution < -0.4 is 5.43 Å². The highest BCUT2D eigenvalue weighted by atomic mass is 16.5. The van der Waals surface area contributed by atoms with Crippen LogP contribution >= 0.6 is 0 Å². The van der Waals surface area contributed by atoms with Crippen LogP contribution in [0.5, 0.6) is 5.75 Å². The summed E-state index contributed by atoms with van der Waals surface area (Å²) in [4.78, 5) is 24.0. The molecular weight excluding hydrogens is 336 g/mol. The van der Waals surface area contributed by atoms with Gasteiger partial charge in [-0.3, -0.25) is 9.59 Å². The smallest absolute Gasteiger partial charge is 0.306 e. The van der Waals surface area contributed by atoms with Crippen molar-refractivity contribution in [1.82, 2.24) is 0 Å². The van der Waals surface area contributed by atoms with Crippen molar-refractivity contribution in [2.45, 2.75) is 45.6 Å². The van der Waals surface area contributed by atoms with Crippen molar-refractivity contribution in [2.75, 3.05) is 6.61 Å². The number of aliphatic hydroxyl groups is 1. The zero-order valence-corrected chi connectivity index (χ0v) is 15.2. The molecule has 2 aromatic rings. The zero-order chi connectivity index (χ0) is 19.3. The Morgan fingerprint density at radius 1 is 1.19 bits per heavy atom. The van der Waals surface area contributed by atoms with Crippen molar-refractivity contribution < 1.29 is 24.2 Å². The van der Waals surface area contributed by atoms with Crippen molar-refractivity contribution in [3.8, 4) is 5.75 Å². The summed E-state index contributed by atoms with van der Waals surface area (Å²) in [6.07, 6.45) is -0.0970. The molecule has 2 rings (SSSR count). The van der Waals surface area contributed by atoms with Gasteiger partial charge in [0, 0.05) is 6.07 Å². The summed E-state index contributed by atoms with van der Waals surface area (Å²) in [5.41, 5.74) is 1.16. The maximum atomic E-state index is 12.1. The van der Waals surface area contributed by atoms with Crippen LogP contribution in [0.1, 0.15) is 61.7 Å². The quantitative estimate of drug-likeness (QED) is 0.737. The molecule has 0 unspecified atom stereocenters. The predicted octanol–water partition coefficient (Wildman–Crippen LogP) is 3.05. The summed E-state index contributed by atoms with van der Waals surface area (Å²) in [7, 11) is 0. The van der Waals surface area contributed by atoms with E-state index in [4.69, 9.17) is 9.15 Å². The van der Waals surface area contributed by atoms with E-state index in [1.54, 1.807) is 6.92 Å². The summed E-state index contributed by atoms with van der Waals surface area (Å²) in [5, 5.41) is 19.5. The SMILES string of the molecule is CCOC(=O)C[C@H](c1ccc(C(C)C)cc1)c1oc(CO)cc(=O)c1O. The van der Waals surface area contributed by atoms with Crippen LogP contribution in [0.2, 0.25) is 0 Å². The van der Waals surface area contributed by atoms with Gasteiger partial charge >= 0.3 is 5.97 Å². The molecule has 0 aliphatic heterocycles. The summed E-state index contributed by atoms with van der Waals surface area (Å²) in [6, 6.07) is 8.57. The monoisotopic (exact) mass is 360 g/mol. The van der Waals surface area contributed by atoms with E-state index in [1.165, 1.54) is 0 Å². The van der Waals surface area contributed by atoms with Crippen molar-refractivity contribution in [1.29, 1.82) is 0 Å². The Labute approximate surface area is 152 Å². The Balaban J connectivity index is 2.52. The Bertz CT molecular complexity index is 804. The molecule has 0 amide bonds. The van der Waals surface area contributed by atoms with Gasteiger partial charge in [0.1, 0.15) is 12.4 Å². The number of carbonyl (C=O) groups is 1. The first-order chi connectivity index (χ1) is 12.4. The average Bonchev–Trinajstić information content (AvgIpc) is 2.62. The van der Waals surface area contributed by atoms with Gasteiger partial charge in [0.15, 0.2) is 5.76 Å². The molecular formula is C20H24O6. The summed E-state index contributed by atoms with van der Waals surface area (Å²) in [5.74, 6) is -1.42. The molecule has 0 fully saturated rings. The van der Waals surface area contributed by atoms with Crippen molar-refractivity contribution >= 4 is 5.97 Å². The fraction of sp³-hybridized carbons (Fsp3) is 0.400. The molecule has 0 bridgehead atoms. The third-order valence-electron chi connectivity index (χ3n) is 4.15. The average molecular weight is 360 g/mol. The van der Waals surface area contributed by atoms with Crippen LogP contribution in [0.4, 0.5) is 0 Å². The van der Waals surface area contributed by atoms with E-state index < -0.39 is 29.7 Å². The molecule has 1 heterocycles. The van der Waals surface area contributed by atoms with Gasteiger partial charge in [0.05, 0.1) is 18.9 Å². The fourth-order valence-corrected chi connectivity index (χ4v) is 2.73. The Morgan fingerprint density at radius 2 is 1.81 bits per heavy atom. The second kappa shape index (κ2) is 8.67. The normalized spacial score (nSPS) is 12.2. The first-order valence-corrected chi connectivity index (χ1v) is 8.59. The van der Waals surface area contributed by atoms with Gasteiger partial charge in [-0.2, -0.15) is 0 Å². The minimum absolute atomic E-state index is 0.0236. The fourth-order valence-electron chi connectivity index (χ4n) is 2.73. The van der Waals surface area contributed by atoms with E-state index in [9.17, 15) is 19.8 Å². The minimum atomic E-state index is -0.700. The molecule has 0 spiro atoms. The van der Waals surface area contributed by atoms with E-state index in [-0.39, 0.29) is 24.5 Å². The summed E-state index contributed by atoms with van der Waals surface area (Å²) >= 11 is 0. The Kier molecular flexibility index (Phi) is 6.58. The highest BCUT2D eigenvalue weighted by molar-refractivity contribution is 5.71. The molecule has 6 nitrogen and oxygen atoms in total. The second-order valence-electron chi connectivity index (χ2n) is 6.33. The summed E-state index contributed by atoms with van der Waals surface area (Å²) < 4.78 is 10.5. The molecule has 0 aliphatic carbocycles. The van der Waals surface area contributed by atoms with Crippen LogP contribution in [0.15, 0.2) is 39.5 Å². The van der Waals surface area contributed by atoms with E-state index in [1.807, 2.05) is 24.3 Å². The van der Waals surface area contributed by atoms with Gasteiger partial charge in [0.2, 0.25) is 11.2 Å². The molecule has 26 heavy (non-hydrogen) atoms. The van der Waals surface area contributed by atoms with Crippen molar-refractivity contribution in [2.24, 2.45) is 0 Å². The first-order valence-electron chi connectivity index (χ1n) is 8.59. The highest BCUT2D eigenvalue weighted by Gasteiger charge is 2.26. The molecule has 140 valence electrons. The standard InChI is InChI=1S/C20H24O6/c1-4-25-18(23)10-16(14-7-5-13(6-8-14)12(2)3)20-19(24)17(22)9-15(11-21)26-20/h5-9,12,16,21,24H,4,10-11H2,1-3H3/t16-/m1/s1. The van der Waals surface area contributed by atoms with E-state index in [0.717, 1.165) is 11.6 Å². The second-order valence-corrected chi connectivity index (χ2v) is 6.33. The number of carbonyl (C=O) groups excluding carboxylic acids is 1. The van der Waals surface area contributed by atoms with Gasteiger partial charge in [0.25, 0.3) is 0 Å². The molecule has 1 atom stereocenters. The first kappa shape index (κ1) is 19.7. The van der Waals surface area contributed by atoms with Crippen LogP contribution in [0, 0.1) is 0 Å². The number of rotatable bonds is 7. The van der Waals surface area contributed by atoms with Gasteiger partial charge in [-0.25, -0.2) is 0 Å². The van der Waals surface area contributed by atoms with Gasteiger partial charge < -0.3 is 19.4 Å². The third-order valence-corrected chi connectivity index (χ3v) is 4.15.